The molecule has 0 bridgehead atoms. The molecule has 0 aromatic heterocycles. The molecule has 30 heavy (non-hydrogen) atoms. The first-order valence-corrected chi connectivity index (χ1v) is 10.0. The van der Waals surface area contributed by atoms with Gasteiger partial charge in [0.05, 0.1) is 5.92 Å². The highest BCUT2D eigenvalue weighted by Crippen LogP contribution is 2.24. The van der Waals surface area contributed by atoms with E-state index >= 15 is 0 Å². The Morgan fingerprint density at radius 3 is 2.20 bits per heavy atom. The Hall–Kier alpha value is -3.53. The summed E-state index contributed by atoms with van der Waals surface area (Å²) in [5, 5.41) is 9.53. The van der Waals surface area contributed by atoms with Crippen molar-refractivity contribution in [3.63, 3.8) is 0 Å². The van der Waals surface area contributed by atoms with Crippen LogP contribution >= 0.6 is 0 Å². The molecule has 3 aromatic carbocycles. The monoisotopic (exact) mass is 400 g/mol. The lowest BCUT2D eigenvalue weighted by Crippen LogP contribution is -2.18. The normalized spacial score (nSPS) is 11.6. The molecular weight excluding hydrogens is 376 g/mol. The van der Waals surface area contributed by atoms with E-state index in [1.807, 2.05) is 42.5 Å². The van der Waals surface area contributed by atoms with Gasteiger partial charge in [-0.3, -0.25) is 14.4 Å². The molecular formula is C26H24O4. The highest BCUT2D eigenvalue weighted by Gasteiger charge is 2.21. The average molecular weight is 400 g/mol. The van der Waals surface area contributed by atoms with Crippen LogP contribution in [-0.2, 0) is 11.2 Å². The minimum Gasteiger partial charge on any atom is -0.481 e. The Bertz CT molecular complexity index is 1010. The van der Waals surface area contributed by atoms with Gasteiger partial charge in [-0.15, -0.1) is 0 Å². The largest absolute Gasteiger partial charge is 0.481 e. The van der Waals surface area contributed by atoms with Crippen LogP contribution in [0.5, 0.6) is 0 Å². The number of aldehydes is 1. The molecule has 0 amide bonds. The van der Waals surface area contributed by atoms with Crippen LogP contribution in [0, 0.1) is 5.92 Å². The van der Waals surface area contributed by atoms with Crippen LogP contribution in [0.25, 0.3) is 11.1 Å². The summed E-state index contributed by atoms with van der Waals surface area (Å²) in [7, 11) is 0. The van der Waals surface area contributed by atoms with Gasteiger partial charge in [0.15, 0.2) is 12.1 Å². The smallest absolute Gasteiger partial charge is 0.306 e. The fourth-order valence-electron chi connectivity index (χ4n) is 3.55. The van der Waals surface area contributed by atoms with E-state index in [0.717, 1.165) is 30.3 Å². The summed E-state index contributed by atoms with van der Waals surface area (Å²) < 4.78 is 0. The number of carbonyl (C=O) groups excluding carboxylic acids is 2. The second kappa shape index (κ2) is 10.3. The van der Waals surface area contributed by atoms with E-state index in [1.165, 1.54) is 5.56 Å². The van der Waals surface area contributed by atoms with Gasteiger partial charge in [0.25, 0.3) is 0 Å². The van der Waals surface area contributed by atoms with Gasteiger partial charge in [-0.05, 0) is 36.0 Å². The summed E-state index contributed by atoms with van der Waals surface area (Å²) >= 11 is 0. The van der Waals surface area contributed by atoms with Crippen LogP contribution in [0.1, 0.15) is 45.5 Å². The molecule has 0 saturated heterocycles. The first kappa shape index (κ1) is 21.2. The highest BCUT2D eigenvalue weighted by molar-refractivity contribution is 5.98. The first-order chi connectivity index (χ1) is 14.6. The molecule has 1 N–H and O–H groups in total. The van der Waals surface area contributed by atoms with E-state index < -0.39 is 11.9 Å². The predicted octanol–water partition coefficient (Wildman–Crippen LogP) is 5.46. The van der Waals surface area contributed by atoms with Crippen molar-refractivity contribution in [2.75, 3.05) is 0 Å². The molecule has 0 radical (unpaired) electrons. The summed E-state index contributed by atoms with van der Waals surface area (Å²) in [5.41, 5.74) is 3.87. The van der Waals surface area contributed by atoms with E-state index in [-0.39, 0.29) is 12.2 Å². The molecule has 0 heterocycles. The summed E-state index contributed by atoms with van der Waals surface area (Å²) in [6.45, 7) is 0. The lowest BCUT2D eigenvalue weighted by atomic mass is 9.92. The fraction of sp³-hybridized carbons (Fsp3) is 0.192. The maximum Gasteiger partial charge on any atom is 0.306 e. The van der Waals surface area contributed by atoms with Gasteiger partial charge in [-0.25, -0.2) is 0 Å². The van der Waals surface area contributed by atoms with Crippen LogP contribution in [0.2, 0.25) is 0 Å². The molecule has 0 saturated carbocycles. The Labute approximate surface area is 176 Å². The second-order valence-corrected chi connectivity index (χ2v) is 7.32. The number of aryl methyl sites for hydroxylation is 1. The standard InChI is InChI=1S/C26H24O4/c27-18-23-10-4-5-12-24(23)20-13-15-21(16-14-20)25(28)17-22(26(29)30)11-6-9-19-7-2-1-3-8-19/h1-5,7-8,10,12-16,18,22H,6,9,11,17H2,(H,29,30). The van der Waals surface area contributed by atoms with E-state index in [4.69, 9.17) is 0 Å². The number of hydrogen-bond donors (Lipinski definition) is 1. The number of carboxylic acid groups (broad SMARTS) is 1. The molecule has 3 aromatic rings. The predicted molar refractivity (Wildman–Crippen MR) is 117 cm³/mol. The van der Waals surface area contributed by atoms with Gasteiger partial charge in [-0.1, -0.05) is 78.9 Å². The van der Waals surface area contributed by atoms with Gasteiger partial charge in [0.2, 0.25) is 0 Å². The molecule has 0 aliphatic carbocycles. The molecule has 4 nitrogen and oxygen atoms in total. The summed E-state index contributed by atoms with van der Waals surface area (Å²) in [4.78, 5) is 35.5. The molecule has 152 valence electrons. The molecule has 0 spiro atoms. The number of aliphatic carboxylic acids is 1. The number of Topliss-reactive ketones (excluding diaryl/α,β-unsaturated/α-hetero) is 1. The Balaban J connectivity index is 1.63. The van der Waals surface area contributed by atoms with E-state index in [0.29, 0.717) is 17.5 Å². The molecule has 0 aliphatic heterocycles. The third-order valence-electron chi connectivity index (χ3n) is 5.25. The van der Waals surface area contributed by atoms with Gasteiger partial charge < -0.3 is 5.11 Å². The van der Waals surface area contributed by atoms with E-state index in [9.17, 15) is 19.5 Å². The van der Waals surface area contributed by atoms with Gasteiger partial charge in [0.1, 0.15) is 0 Å². The number of hydrogen-bond acceptors (Lipinski definition) is 3. The topological polar surface area (TPSA) is 71.4 Å². The molecule has 0 aliphatic rings. The number of rotatable bonds is 10. The molecule has 4 heteroatoms. The van der Waals surface area contributed by atoms with Crippen molar-refractivity contribution in [2.45, 2.75) is 25.7 Å². The molecule has 0 fully saturated rings. The van der Waals surface area contributed by atoms with Gasteiger partial charge in [-0.2, -0.15) is 0 Å². The van der Waals surface area contributed by atoms with E-state index in [2.05, 4.69) is 0 Å². The quantitative estimate of drug-likeness (QED) is 0.362. The zero-order valence-corrected chi connectivity index (χ0v) is 16.7. The molecule has 1 atom stereocenters. The van der Waals surface area contributed by atoms with Crippen LogP contribution in [0.4, 0.5) is 0 Å². The molecule has 3 rings (SSSR count). The summed E-state index contributed by atoms with van der Waals surface area (Å²) in [5.74, 6) is -1.82. The SMILES string of the molecule is O=Cc1ccccc1-c1ccc(C(=O)CC(CCCc2ccccc2)C(=O)O)cc1. The van der Waals surface area contributed by atoms with Gasteiger partial charge in [0, 0.05) is 17.5 Å². The summed E-state index contributed by atoms with van der Waals surface area (Å²) in [6.07, 6.45) is 2.76. The third-order valence-corrected chi connectivity index (χ3v) is 5.25. The molecule has 1 unspecified atom stereocenters. The van der Waals surface area contributed by atoms with Crippen molar-refractivity contribution >= 4 is 18.0 Å². The van der Waals surface area contributed by atoms with Crippen molar-refractivity contribution in [3.8, 4) is 11.1 Å². The van der Waals surface area contributed by atoms with Crippen LogP contribution < -0.4 is 0 Å². The first-order valence-electron chi connectivity index (χ1n) is 10.0. The number of carboxylic acids is 1. The van der Waals surface area contributed by atoms with Gasteiger partial charge >= 0.3 is 5.97 Å². The van der Waals surface area contributed by atoms with Crippen LogP contribution in [0.3, 0.4) is 0 Å². The Morgan fingerprint density at radius 2 is 1.53 bits per heavy atom. The average Bonchev–Trinajstić information content (AvgIpc) is 2.79. The number of ketones is 1. The van der Waals surface area contributed by atoms with Crippen molar-refractivity contribution < 1.29 is 19.5 Å². The Morgan fingerprint density at radius 1 is 0.867 bits per heavy atom. The second-order valence-electron chi connectivity index (χ2n) is 7.32. The fourth-order valence-corrected chi connectivity index (χ4v) is 3.55. The van der Waals surface area contributed by atoms with Crippen LogP contribution in [-0.4, -0.2) is 23.1 Å². The van der Waals surface area contributed by atoms with Crippen molar-refractivity contribution in [2.24, 2.45) is 5.92 Å². The number of benzene rings is 3. The van der Waals surface area contributed by atoms with Crippen molar-refractivity contribution in [1.29, 1.82) is 0 Å². The van der Waals surface area contributed by atoms with Crippen molar-refractivity contribution in [3.05, 3.63) is 95.6 Å². The zero-order chi connectivity index (χ0) is 21.3. The minimum absolute atomic E-state index is 0.0194. The number of carbonyl (C=O) groups is 3. The van der Waals surface area contributed by atoms with E-state index in [1.54, 1.807) is 36.4 Å². The zero-order valence-electron chi connectivity index (χ0n) is 16.7. The Kier molecular flexibility index (Phi) is 7.28. The maximum absolute atomic E-state index is 12.6. The lowest BCUT2D eigenvalue weighted by molar-refractivity contribution is -0.141. The van der Waals surface area contributed by atoms with Crippen LogP contribution in [0.15, 0.2) is 78.9 Å². The summed E-state index contributed by atoms with van der Waals surface area (Å²) in [6, 6.07) is 24.1. The van der Waals surface area contributed by atoms with Crippen molar-refractivity contribution in [1.82, 2.24) is 0 Å². The minimum atomic E-state index is -0.937. The third kappa shape index (κ3) is 5.51. The highest BCUT2D eigenvalue weighted by atomic mass is 16.4. The maximum atomic E-state index is 12.6. The lowest BCUT2D eigenvalue weighted by Gasteiger charge is -2.12.